The van der Waals surface area contributed by atoms with Crippen LogP contribution < -0.4 is 4.74 Å². The minimum absolute atomic E-state index is 0.0191. The molecule has 2 atom stereocenters. The highest BCUT2D eigenvalue weighted by molar-refractivity contribution is 5.97. The van der Waals surface area contributed by atoms with E-state index in [1.54, 1.807) is 6.08 Å². The molecule has 0 saturated heterocycles. The van der Waals surface area contributed by atoms with Gasteiger partial charge in [0.15, 0.2) is 11.6 Å². The third-order valence-corrected chi connectivity index (χ3v) is 7.05. The maximum absolute atomic E-state index is 13.3. The monoisotopic (exact) mass is 523 g/mol. The Morgan fingerprint density at radius 2 is 1.54 bits per heavy atom. The highest BCUT2D eigenvalue weighted by atomic mass is 16.5. The van der Waals surface area contributed by atoms with Gasteiger partial charge in [-0.15, -0.1) is 0 Å². The highest BCUT2D eigenvalue weighted by Gasteiger charge is 2.21. The van der Waals surface area contributed by atoms with E-state index in [2.05, 4.69) is 31.2 Å². The van der Waals surface area contributed by atoms with E-state index in [-0.39, 0.29) is 23.4 Å². The quantitative estimate of drug-likeness (QED) is 0.175. The lowest BCUT2D eigenvalue weighted by atomic mass is 9.87. The van der Waals surface area contributed by atoms with Crippen LogP contribution in [0.1, 0.15) is 57.7 Å². The lowest BCUT2D eigenvalue weighted by molar-refractivity contribution is -0.124. The van der Waals surface area contributed by atoms with E-state index < -0.39 is 0 Å². The summed E-state index contributed by atoms with van der Waals surface area (Å²) in [5, 5.41) is 0.959. The standard InChI is InChI=1S/C33H35NO3.C2H6/c1-24(14-16-27-10-6-4-7-11-27)26(3)33(36)22-34-21-29(17-15-25(2)35)31-20-30(18-19-32(31)34)37-23-28-12-8-5-9-13-28;1-2/h4-13,15,17-21,24,26H,14,16,22-23H2,1-3H3;1-2H3/b17-15+;. The number of fused-ring (bicyclic) bond motifs is 1. The van der Waals surface area contributed by atoms with Crippen LogP contribution in [0.3, 0.4) is 0 Å². The zero-order valence-electron chi connectivity index (χ0n) is 23.9. The molecule has 0 amide bonds. The summed E-state index contributed by atoms with van der Waals surface area (Å²) in [5.41, 5.74) is 4.25. The van der Waals surface area contributed by atoms with Gasteiger partial charge in [0.05, 0.1) is 6.54 Å². The van der Waals surface area contributed by atoms with Crippen molar-refractivity contribution in [3.05, 3.63) is 108 Å². The fourth-order valence-corrected chi connectivity index (χ4v) is 4.52. The summed E-state index contributed by atoms with van der Waals surface area (Å²) in [4.78, 5) is 24.9. The van der Waals surface area contributed by atoms with Crippen molar-refractivity contribution in [2.75, 3.05) is 0 Å². The number of ether oxygens (including phenoxy) is 1. The topological polar surface area (TPSA) is 48.3 Å². The van der Waals surface area contributed by atoms with Crippen LogP contribution in [0, 0.1) is 11.8 Å². The van der Waals surface area contributed by atoms with Crippen molar-refractivity contribution < 1.29 is 14.3 Å². The van der Waals surface area contributed by atoms with Crippen LogP contribution in [0.2, 0.25) is 0 Å². The van der Waals surface area contributed by atoms with Gasteiger partial charge in [-0.25, -0.2) is 0 Å². The van der Waals surface area contributed by atoms with E-state index in [0.29, 0.717) is 13.2 Å². The van der Waals surface area contributed by atoms with E-state index in [9.17, 15) is 9.59 Å². The Labute approximate surface area is 233 Å². The molecule has 39 heavy (non-hydrogen) atoms. The SMILES string of the molecule is CC.CC(=O)/C=C/c1cn(CC(=O)C(C)C(C)CCc2ccccc2)c2ccc(OCc3ccccc3)cc12. The van der Waals surface area contributed by atoms with Gasteiger partial charge in [0, 0.05) is 28.6 Å². The van der Waals surface area contributed by atoms with Gasteiger partial charge in [0.1, 0.15) is 12.4 Å². The van der Waals surface area contributed by atoms with Crippen molar-refractivity contribution in [1.29, 1.82) is 0 Å². The number of carbonyl (C=O) groups excluding carboxylic acids is 2. The maximum Gasteiger partial charge on any atom is 0.155 e. The fourth-order valence-electron chi connectivity index (χ4n) is 4.52. The second kappa shape index (κ2) is 14.9. The predicted molar refractivity (Wildman–Crippen MR) is 162 cm³/mol. The van der Waals surface area contributed by atoms with Crippen molar-refractivity contribution in [2.45, 2.75) is 60.6 Å². The number of aromatic nitrogens is 1. The van der Waals surface area contributed by atoms with E-state index in [4.69, 9.17) is 4.74 Å². The molecule has 4 aromatic rings. The number of ketones is 2. The molecule has 1 heterocycles. The molecule has 0 aliphatic heterocycles. The summed E-state index contributed by atoms with van der Waals surface area (Å²) in [6.45, 7) is 10.5. The van der Waals surface area contributed by atoms with Crippen LogP contribution in [0.25, 0.3) is 17.0 Å². The van der Waals surface area contributed by atoms with Gasteiger partial charge in [-0.3, -0.25) is 9.59 Å². The number of hydrogen-bond donors (Lipinski definition) is 0. The van der Waals surface area contributed by atoms with Gasteiger partial charge in [-0.2, -0.15) is 0 Å². The van der Waals surface area contributed by atoms with Crippen LogP contribution >= 0.6 is 0 Å². The predicted octanol–water partition coefficient (Wildman–Crippen LogP) is 8.32. The summed E-state index contributed by atoms with van der Waals surface area (Å²) in [6.07, 6.45) is 7.28. The van der Waals surface area contributed by atoms with E-state index in [1.165, 1.54) is 12.5 Å². The van der Waals surface area contributed by atoms with Crippen LogP contribution in [-0.2, 0) is 29.2 Å². The molecule has 0 bridgehead atoms. The molecule has 0 aliphatic carbocycles. The molecule has 0 aliphatic rings. The first kappa shape index (κ1) is 29.6. The summed E-state index contributed by atoms with van der Waals surface area (Å²) in [5.74, 6) is 1.18. The molecular formula is C35H41NO3. The summed E-state index contributed by atoms with van der Waals surface area (Å²) in [6, 6.07) is 26.4. The van der Waals surface area contributed by atoms with Crippen molar-refractivity contribution >= 4 is 28.5 Å². The molecule has 204 valence electrons. The molecule has 4 heteroatoms. The van der Waals surface area contributed by atoms with Crippen molar-refractivity contribution in [3.63, 3.8) is 0 Å². The molecule has 0 radical (unpaired) electrons. The molecule has 0 spiro atoms. The first-order valence-electron chi connectivity index (χ1n) is 14.0. The second-order valence-electron chi connectivity index (χ2n) is 9.87. The lowest BCUT2D eigenvalue weighted by Crippen LogP contribution is -2.23. The lowest BCUT2D eigenvalue weighted by Gasteiger charge is -2.19. The van der Waals surface area contributed by atoms with Crippen molar-refractivity contribution in [1.82, 2.24) is 4.57 Å². The largest absolute Gasteiger partial charge is 0.489 e. The third kappa shape index (κ3) is 8.54. The Kier molecular flexibility index (Phi) is 11.3. The zero-order valence-corrected chi connectivity index (χ0v) is 23.9. The number of carbonyl (C=O) groups is 2. The molecular weight excluding hydrogens is 482 g/mol. The normalized spacial score (nSPS) is 12.5. The van der Waals surface area contributed by atoms with Crippen LogP contribution in [-0.4, -0.2) is 16.1 Å². The average Bonchev–Trinajstić information content (AvgIpc) is 3.31. The summed E-state index contributed by atoms with van der Waals surface area (Å²) in [7, 11) is 0. The van der Waals surface area contributed by atoms with E-state index in [0.717, 1.165) is 40.6 Å². The Morgan fingerprint density at radius 3 is 2.18 bits per heavy atom. The van der Waals surface area contributed by atoms with Gasteiger partial charge >= 0.3 is 0 Å². The number of aryl methyl sites for hydroxylation is 1. The van der Waals surface area contributed by atoms with Crippen LogP contribution in [0.5, 0.6) is 5.75 Å². The fraction of sp³-hybridized carbons (Fsp3) is 0.314. The summed E-state index contributed by atoms with van der Waals surface area (Å²) < 4.78 is 8.04. The second-order valence-corrected chi connectivity index (χ2v) is 9.87. The molecule has 0 fully saturated rings. The number of hydrogen-bond acceptors (Lipinski definition) is 3. The van der Waals surface area contributed by atoms with E-state index in [1.807, 2.05) is 92.2 Å². The van der Waals surface area contributed by atoms with Crippen LogP contribution in [0.15, 0.2) is 91.1 Å². The van der Waals surface area contributed by atoms with Gasteiger partial charge in [0.25, 0.3) is 0 Å². The number of allylic oxidation sites excluding steroid dienone is 1. The number of nitrogens with zero attached hydrogens (tertiary/aromatic N) is 1. The molecule has 1 aromatic heterocycles. The number of benzene rings is 3. The molecule has 0 N–H and O–H groups in total. The average molecular weight is 524 g/mol. The number of Topliss-reactive ketones (excluding diaryl/α,β-unsaturated/α-hetero) is 1. The van der Waals surface area contributed by atoms with Gasteiger partial charge in [-0.05, 0) is 67.2 Å². The molecule has 3 aromatic carbocycles. The molecule has 2 unspecified atom stereocenters. The number of rotatable bonds is 12. The van der Waals surface area contributed by atoms with Gasteiger partial charge < -0.3 is 9.30 Å². The summed E-state index contributed by atoms with van der Waals surface area (Å²) >= 11 is 0. The first-order chi connectivity index (χ1) is 18.9. The minimum atomic E-state index is -0.0501. The van der Waals surface area contributed by atoms with Gasteiger partial charge in [-0.1, -0.05) is 88.4 Å². The van der Waals surface area contributed by atoms with Crippen LogP contribution in [0.4, 0.5) is 0 Å². The smallest absolute Gasteiger partial charge is 0.155 e. The maximum atomic E-state index is 13.3. The Morgan fingerprint density at radius 1 is 0.897 bits per heavy atom. The van der Waals surface area contributed by atoms with Gasteiger partial charge in [0.2, 0.25) is 0 Å². The first-order valence-corrected chi connectivity index (χ1v) is 14.0. The third-order valence-electron chi connectivity index (χ3n) is 7.05. The molecule has 0 saturated carbocycles. The minimum Gasteiger partial charge on any atom is -0.489 e. The molecule has 4 rings (SSSR count). The van der Waals surface area contributed by atoms with Crippen molar-refractivity contribution in [2.24, 2.45) is 11.8 Å². The molecule has 4 nitrogen and oxygen atoms in total. The van der Waals surface area contributed by atoms with Crippen molar-refractivity contribution in [3.8, 4) is 5.75 Å². The zero-order chi connectivity index (χ0) is 28.2. The Bertz CT molecular complexity index is 1370. The Balaban J connectivity index is 0.00000205. The highest BCUT2D eigenvalue weighted by Crippen LogP contribution is 2.29. The Hall–Kier alpha value is -3.92. The van der Waals surface area contributed by atoms with E-state index >= 15 is 0 Å².